The highest BCUT2D eigenvalue weighted by Crippen LogP contribution is 2.65. The number of benzene rings is 1. The minimum Gasteiger partial charge on any atom is -0.272 e. The van der Waals surface area contributed by atoms with Crippen LogP contribution in [0.1, 0.15) is 12.0 Å². The van der Waals surface area contributed by atoms with Crippen molar-refractivity contribution in [3.05, 3.63) is 47.0 Å². The SMILES string of the molecule is O=C1[C@@H]2[C@@H]3C=C[C@H]([C@H]4C[C@H]34)[C@@H]2C(=O)N1/N=C\c1ccccc1Cl. The van der Waals surface area contributed by atoms with Gasteiger partial charge in [-0.15, -0.1) is 0 Å². The van der Waals surface area contributed by atoms with Gasteiger partial charge in [0, 0.05) is 10.6 Å². The average Bonchev–Trinajstić information content (AvgIpc) is 3.33. The maximum Gasteiger partial charge on any atom is 0.254 e. The van der Waals surface area contributed by atoms with Crippen LogP contribution in [0.2, 0.25) is 5.02 Å². The summed E-state index contributed by atoms with van der Waals surface area (Å²) in [5.41, 5.74) is 0.702. The molecule has 3 fully saturated rings. The highest BCUT2D eigenvalue weighted by molar-refractivity contribution is 6.33. The zero-order chi connectivity index (χ0) is 15.7. The van der Waals surface area contributed by atoms with Gasteiger partial charge in [-0.2, -0.15) is 10.1 Å². The van der Waals surface area contributed by atoms with Crippen molar-refractivity contribution >= 4 is 29.6 Å². The number of carbonyl (C=O) groups excluding carboxylic acids is 2. The fourth-order valence-electron chi connectivity index (χ4n) is 4.75. The van der Waals surface area contributed by atoms with E-state index >= 15 is 0 Å². The van der Waals surface area contributed by atoms with Crippen molar-refractivity contribution in [1.82, 2.24) is 5.01 Å². The van der Waals surface area contributed by atoms with Gasteiger partial charge in [0.1, 0.15) is 0 Å². The summed E-state index contributed by atoms with van der Waals surface area (Å²) in [6.07, 6.45) is 6.99. The van der Waals surface area contributed by atoms with Crippen LogP contribution in [-0.4, -0.2) is 23.0 Å². The van der Waals surface area contributed by atoms with E-state index in [1.807, 2.05) is 18.2 Å². The third kappa shape index (κ3) is 1.75. The van der Waals surface area contributed by atoms with Gasteiger partial charge in [-0.3, -0.25) is 9.59 Å². The molecule has 5 aliphatic rings. The number of nitrogens with zero attached hydrogens (tertiary/aromatic N) is 2. The van der Waals surface area contributed by atoms with Crippen molar-refractivity contribution in [2.45, 2.75) is 6.42 Å². The quantitative estimate of drug-likeness (QED) is 0.476. The molecule has 0 aromatic heterocycles. The molecule has 1 saturated heterocycles. The van der Waals surface area contributed by atoms with Gasteiger partial charge >= 0.3 is 0 Å². The Labute approximate surface area is 138 Å². The molecule has 4 aliphatic carbocycles. The molecule has 2 saturated carbocycles. The van der Waals surface area contributed by atoms with Gasteiger partial charge < -0.3 is 0 Å². The van der Waals surface area contributed by atoms with E-state index in [2.05, 4.69) is 17.3 Å². The Morgan fingerprint density at radius 3 is 2.26 bits per heavy atom. The second-order valence-electron chi connectivity index (χ2n) is 6.91. The van der Waals surface area contributed by atoms with Crippen molar-refractivity contribution in [3.8, 4) is 0 Å². The predicted octanol–water partition coefficient (Wildman–Crippen LogP) is 2.73. The van der Waals surface area contributed by atoms with Crippen molar-refractivity contribution in [1.29, 1.82) is 0 Å². The lowest BCUT2D eigenvalue weighted by Gasteiger charge is -2.37. The summed E-state index contributed by atoms with van der Waals surface area (Å²) >= 11 is 6.10. The van der Waals surface area contributed by atoms with E-state index < -0.39 is 0 Å². The van der Waals surface area contributed by atoms with Crippen LogP contribution in [0.3, 0.4) is 0 Å². The first-order valence-corrected chi connectivity index (χ1v) is 8.39. The molecule has 2 amide bonds. The summed E-state index contributed by atoms with van der Waals surface area (Å²) in [7, 11) is 0. The van der Waals surface area contributed by atoms with Crippen molar-refractivity contribution < 1.29 is 9.59 Å². The van der Waals surface area contributed by atoms with Gasteiger partial charge in [0.05, 0.1) is 18.1 Å². The van der Waals surface area contributed by atoms with Crippen LogP contribution in [0, 0.1) is 35.5 Å². The predicted molar refractivity (Wildman–Crippen MR) is 85.6 cm³/mol. The maximum atomic E-state index is 12.7. The standard InChI is InChI=1S/C18H15ClN2O2/c19-14-4-2-1-3-9(14)8-20-21-17(22)15-10-5-6-11(13-7-12(10)13)16(15)18(21)23/h1-6,8,10-13,15-16H,7H2/b20-8-/t10-,11-,12-,13-,15-,16+/m1/s1. The molecular formula is C18H15ClN2O2. The number of allylic oxidation sites excluding steroid dienone is 2. The first kappa shape index (κ1) is 13.5. The summed E-state index contributed by atoms with van der Waals surface area (Å²) in [6.45, 7) is 0. The first-order chi connectivity index (χ1) is 11.2. The van der Waals surface area contributed by atoms with E-state index in [-0.39, 0.29) is 35.5 Å². The van der Waals surface area contributed by atoms with Gasteiger partial charge in [-0.1, -0.05) is 42.0 Å². The van der Waals surface area contributed by atoms with Crippen LogP contribution in [0.25, 0.3) is 0 Å². The maximum absolute atomic E-state index is 12.7. The Hall–Kier alpha value is -1.94. The Balaban J connectivity index is 1.47. The zero-order valence-corrected chi connectivity index (χ0v) is 13.1. The van der Waals surface area contributed by atoms with Crippen LogP contribution >= 0.6 is 11.6 Å². The Morgan fingerprint density at radius 1 is 1.04 bits per heavy atom. The lowest BCUT2D eigenvalue weighted by Crippen LogP contribution is -2.40. The van der Waals surface area contributed by atoms with E-state index in [4.69, 9.17) is 11.6 Å². The molecule has 0 radical (unpaired) electrons. The fourth-order valence-corrected chi connectivity index (χ4v) is 4.94. The molecule has 4 nitrogen and oxygen atoms in total. The molecule has 23 heavy (non-hydrogen) atoms. The Kier molecular flexibility index (Phi) is 2.66. The molecule has 6 rings (SSSR count). The number of rotatable bonds is 2. The minimum absolute atomic E-state index is 0.145. The summed E-state index contributed by atoms with van der Waals surface area (Å²) < 4.78 is 0. The normalized spacial score (nSPS) is 40.0. The Morgan fingerprint density at radius 2 is 1.65 bits per heavy atom. The number of amides is 2. The second-order valence-corrected chi connectivity index (χ2v) is 7.32. The molecule has 1 aromatic carbocycles. The third-order valence-electron chi connectivity index (χ3n) is 5.86. The average molecular weight is 327 g/mol. The minimum atomic E-state index is -0.204. The number of carbonyl (C=O) groups is 2. The number of halogens is 1. The van der Waals surface area contributed by atoms with E-state index in [0.29, 0.717) is 22.4 Å². The van der Waals surface area contributed by atoms with E-state index in [1.165, 1.54) is 12.6 Å². The lowest BCUT2D eigenvalue weighted by molar-refractivity contribution is -0.140. The van der Waals surface area contributed by atoms with Crippen LogP contribution in [-0.2, 0) is 9.59 Å². The van der Waals surface area contributed by atoms with E-state index in [0.717, 1.165) is 5.01 Å². The topological polar surface area (TPSA) is 49.7 Å². The summed E-state index contributed by atoms with van der Waals surface area (Å²) in [5, 5.41) is 5.81. The molecule has 1 aliphatic heterocycles. The molecule has 1 heterocycles. The molecule has 0 unspecified atom stereocenters. The highest BCUT2D eigenvalue weighted by atomic mass is 35.5. The number of hydrogen-bond donors (Lipinski definition) is 0. The monoisotopic (exact) mass is 326 g/mol. The molecule has 0 spiro atoms. The number of hydrogen-bond acceptors (Lipinski definition) is 3. The summed E-state index contributed by atoms with van der Waals surface area (Å²) in [6, 6.07) is 7.24. The zero-order valence-electron chi connectivity index (χ0n) is 12.3. The van der Waals surface area contributed by atoms with Gasteiger partial charge in [-0.05, 0) is 36.2 Å². The second kappa shape index (κ2) is 4.54. The lowest BCUT2D eigenvalue weighted by atomic mass is 9.63. The molecule has 116 valence electrons. The molecule has 6 atom stereocenters. The molecule has 1 aromatic rings. The number of hydrazone groups is 1. The van der Waals surface area contributed by atoms with Crippen molar-refractivity contribution in [2.24, 2.45) is 40.6 Å². The molecule has 5 heteroatoms. The largest absolute Gasteiger partial charge is 0.272 e. The van der Waals surface area contributed by atoms with E-state index in [1.54, 1.807) is 6.07 Å². The molecule has 2 bridgehead atoms. The summed E-state index contributed by atoms with van der Waals surface area (Å²) in [5.74, 6) is 0.972. The third-order valence-corrected chi connectivity index (χ3v) is 6.20. The van der Waals surface area contributed by atoms with Crippen LogP contribution in [0.4, 0.5) is 0 Å². The van der Waals surface area contributed by atoms with Gasteiger partial charge in [0.25, 0.3) is 11.8 Å². The van der Waals surface area contributed by atoms with Gasteiger partial charge in [0.2, 0.25) is 0 Å². The van der Waals surface area contributed by atoms with Crippen molar-refractivity contribution in [3.63, 3.8) is 0 Å². The highest BCUT2D eigenvalue weighted by Gasteiger charge is 2.67. The van der Waals surface area contributed by atoms with Crippen molar-refractivity contribution in [2.75, 3.05) is 0 Å². The van der Waals surface area contributed by atoms with Crippen LogP contribution < -0.4 is 0 Å². The van der Waals surface area contributed by atoms with Crippen LogP contribution in [0.15, 0.2) is 41.5 Å². The molecular weight excluding hydrogens is 312 g/mol. The van der Waals surface area contributed by atoms with Gasteiger partial charge in [-0.25, -0.2) is 0 Å². The smallest absolute Gasteiger partial charge is 0.254 e. The first-order valence-electron chi connectivity index (χ1n) is 8.01. The van der Waals surface area contributed by atoms with Crippen LogP contribution in [0.5, 0.6) is 0 Å². The fraction of sp³-hybridized carbons (Fsp3) is 0.389. The van der Waals surface area contributed by atoms with E-state index in [9.17, 15) is 9.59 Å². The number of imide groups is 1. The molecule has 0 N–H and O–H groups in total. The Bertz CT molecular complexity index is 751. The van der Waals surface area contributed by atoms with Gasteiger partial charge in [0.15, 0.2) is 0 Å². The summed E-state index contributed by atoms with van der Waals surface area (Å²) in [4.78, 5) is 25.5.